The quantitative estimate of drug-likeness (QED) is 0.508. The maximum atomic E-state index is 11.6. The second kappa shape index (κ2) is 5.11. The van der Waals surface area contributed by atoms with Crippen LogP contribution in [0.1, 0.15) is 10.5 Å². The van der Waals surface area contributed by atoms with Gasteiger partial charge in [0.2, 0.25) is 5.88 Å². The predicted octanol–water partition coefficient (Wildman–Crippen LogP) is 1.79. The van der Waals surface area contributed by atoms with Crippen molar-refractivity contribution >= 4 is 23.4 Å². The van der Waals surface area contributed by atoms with Crippen LogP contribution in [0, 0.1) is 0 Å². The van der Waals surface area contributed by atoms with Crippen molar-refractivity contribution in [3.8, 4) is 17.3 Å². The lowest BCUT2D eigenvalue weighted by atomic mass is 10.2. The number of nitrogens with zero attached hydrogens (tertiary/aromatic N) is 1. The monoisotopic (exact) mass is 280 g/mol. The maximum Gasteiger partial charge on any atom is 0.381 e. The van der Waals surface area contributed by atoms with Crippen LogP contribution in [0.25, 0.3) is 11.4 Å². The molecule has 0 spiro atoms. The van der Waals surface area contributed by atoms with Crippen molar-refractivity contribution in [3.63, 3.8) is 0 Å². The Labute approximate surface area is 113 Å². The summed E-state index contributed by atoms with van der Waals surface area (Å²) in [6, 6.07) is 6.59. The first kappa shape index (κ1) is 13.1. The highest BCUT2D eigenvalue weighted by Gasteiger charge is 2.24. The van der Waals surface area contributed by atoms with Gasteiger partial charge in [-0.05, 0) is 24.3 Å². The molecule has 2 aromatic rings. The minimum absolute atomic E-state index is 0.251. The van der Waals surface area contributed by atoms with E-state index in [0.717, 1.165) is 7.11 Å². The van der Waals surface area contributed by atoms with Gasteiger partial charge < -0.3 is 14.8 Å². The van der Waals surface area contributed by atoms with E-state index in [9.17, 15) is 14.7 Å². The highest BCUT2D eigenvalue weighted by Crippen LogP contribution is 2.23. The van der Waals surface area contributed by atoms with E-state index in [1.54, 1.807) is 24.3 Å². The fraction of sp³-hybridized carbons (Fsp3) is 0.0833. The Balaban J connectivity index is 2.38. The molecule has 0 radical (unpaired) electrons. The summed E-state index contributed by atoms with van der Waals surface area (Å²) in [4.78, 5) is 29.0. The number of halogens is 1. The largest absolute Gasteiger partial charge is 0.492 e. The smallest absolute Gasteiger partial charge is 0.381 e. The molecule has 2 N–H and O–H groups in total. The zero-order valence-electron chi connectivity index (χ0n) is 9.81. The highest BCUT2D eigenvalue weighted by atomic mass is 35.5. The number of carbonyl (C=O) groups excluding carboxylic acids is 2. The lowest BCUT2D eigenvalue weighted by Gasteiger charge is -1.96. The van der Waals surface area contributed by atoms with Crippen LogP contribution in [0.5, 0.6) is 5.88 Å². The van der Waals surface area contributed by atoms with Crippen LogP contribution in [0.3, 0.4) is 0 Å². The van der Waals surface area contributed by atoms with Crippen molar-refractivity contribution in [2.75, 3.05) is 7.11 Å². The third-order valence-corrected chi connectivity index (χ3v) is 2.65. The van der Waals surface area contributed by atoms with Gasteiger partial charge >= 0.3 is 5.97 Å². The minimum atomic E-state index is -1.08. The Hall–Kier alpha value is -2.34. The molecule has 0 aliphatic rings. The molecule has 0 unspecified atom stereocenters. The molecule has 0 saturated heterocycles. The molecule has 0 aliphatic carbocycles. The number of rotatable bonds is 3. The summed E-state index contributed by atoms with van der Waals surface area (Å²) >= 11 is 5.75. The van der Waals surface area contributed by atoms with Crippen LogP contribution < -0.4 is 0 Å². The molecule has 1 heterocycles. The van der Waals surface area contributed by atoms with Gasteiger partial charge in [0.25, 0.3) is 5.78 Å². The summed E-state index contributed by atoms with van der Waals surface area (Å²) in [6.07, 6.45) is 0. The normalized spacial score (nSPS) is 10.2. The number of ether oxygens (including phenoxy) is 1. The van der Waals surface area contributed by atoms with Gasteiger partial charge in [-0.2, -0.15) is 4.98 Å². The number of carbonyl (C=O) groups is 2. The van der Waals surface area contributed by atoms with Crippen molar-refractivity contribution in [2.45, 2.75) is 0 Å². The number of aromatic hydroxyl groups is 1. The number of nitrogens with one attached hydrogen (secondary N) is 1. The third-order valence-electron chi connectivity index (χ3n) is 2.40. The van der Waals surface area contributed by atoms with E-state index in [1.807, 2.05) is 0 Å². The first-order valence-corrected chi connectivity index (χ1v) is 5.58. The molecule has 0 atom stereocenters. The van der Waals surface area contributed by atoms with Crippen LogP contribution in [-0.2, 0) is 9.53 Å². The number of Topliss-reactive ketones (excluding diaryl/α,β-unsaturated/α-hetero) is 1. The molecule has 7 heteroatoms. The van der Waals surface area contributed by atoms with Crippen LogP contribution >= 0.6 is 11.6 Å². The summed E-state index contributed by atoms with van der Waals surface area (Å²) < 4.78 is 4.29. The zero-order valence-corrected chi connectivity index (χ0v) is 10.6. The number of methoxy groups -OCH3 is 1. The van der Waals surface area contributed by atoms with E-state index >= 15 is 0 Å². The van der Waals surface area contributed by atoms with Gasteiger partial charge in [0, 0.05) is 10.6 Å². The molecule has 0 fully saturated rings. The average molecular weight is 281 g/mol. The van der Waals surface area contributed by atoms with Gasteiger partial charge in [0.05, 0.1) is 7.11 Å². The predicted molar refractivity (Wildman–Crippen MR) is 67.0 cm³/mol. The van der Waals surface area contributed by atoms with E-state index in [0.29, 0.717) is 10.6 Å². The van der Waals surface area contributed by atoms with Crippen LogP contribution in [0.15, 0.2) is 24.3 Å². The van der Waals surface area contributed by atoms with E-state index in [2.05, 4.69) is 14.7 Å². The Kier molecular flexibility index (Phi) is 3.52. The summed E-state index contributed by atoms with van der Waals surface area (Å²) in [5.41, 5.74) is 0.306. The molecule has 6 nitrogen and oxygen atoms in total. The molecular weight excluding hydrogens is 272 g/mol. The second-order valence-electron chi connectivity index (χ2n) is 3.61. The van der Waals surface area contributed by atoms with Crippen LogP contribution in [0.2, 0.25) is 5.02 Å². The zero-order chi connectivity index (χ0) is 14.0. The number of aromatic amines is 1. The van der Waals surface area contributed by atoms with Gasteiger partial charge in [0.15, 0.2) is 5.69 Å². The molecule has 19 heavy (non-hydrogen) atoms. The third kappa shape index (κ3) is 2.58. The van der Waals surface area contributed by atoms with Crippen molar-refractivity contribution in [3.05, 3.63) is 35.0 Å². The fourth-order valence-corrected chi connectivity index (χ4v) is 1.59. The molecule has 0 amide bonds. The molecule has 98 valence electrons. The Bertz CT molecular complexity index is 634. The number of ketones is 1. The summed E-state index contributed by atoms with van der Waals surface area (Å²) in [6.45, 7) is 0. The first-order chi connectivity index (χ1) is 9.02. The van der Waals surface area contributed by atoms with Gasteiger partial charge in [-0.15, -0.1) is 0 Å². The summed E-state index contributed by atoms with van der Waals surface area (Å²) in [7, 11) is 1.08. The highest BCUT2D eigenvalue weighted by molar-refractivity contribution is 6.40. The minimum Gasteiger partial charge on any atom is -0.492 e. The van der Waals surface area contributed by atoms with Crippen molar-refractivity contribution in [2.24, 2.45) is 0 Å². The SMILES string of the molecule is COC(=O)C(=O)c1[nH]c(-c2ccc(Cl)cc2)nc1O. The number of benzene rings is 1. The second-order valence-corrected chi connectivity index (χ2v) is 4.05. The molecule has 0 bridgehead atoms. The number of hydrogen-bond donors (Lipinski definition) is 2. The van der Waals surface area contributed by atoms with Crippen molar-refractivity contribution < 1.29 is 19.4 Å². The standard InChI is InChI=1S/C12H9ClN2O4/c1-19-12(18)9(16)8-11(17)15-10(14-8)6-2-4-7(13)5-3-6/h2-5,17H,1H3,(H,14,15). The Morgan fingerprint density at radius 3 is 2.53 bits per heavy atom. The molecular formula is C12H9ClN2O4. The topological polar surface area (TPSA) is 92.3 Å². The summed E-state index contributed by atoms with van der Waals surface area (Å²) in [5, 5.41) is 10.1. The molecule has 1 aromatic heterocycles. The van der Waals surface area contributed by atoms with E-state index in [4.69, 9.17) is 11.6 Å². The van der Waals surface area contributed by atoms with Crippen LogP contribution in [0.4, 0.5) is 0 Å². The average Bonchev–Trinajstić information content (AvgIpc) is 2.80. The molecule has 0 saturated carbocycles. The lowest BCUT2D eigenvalue weighted by Crippen LogP contribution is -2.16. The molecule has 1 aromatic carbocycles. The van der Waals surface area contributed by atoms with Gasteiger partial charge in [-0.1, -0.05) is 11.6 Å². The van der Waals surface area contributed by atoms with E-state index in [1.165, 1.54) is 0 Å². The van der Waals surface area contributed by atoms with Crippen molar-refractivity contribution in [1.82, 2.24) is 9.97 Å². The van der Waals surface area contributed by atoms with Crippen molar-refractivity contribution in [1.29, 1.82) is 0 Å². The molecule has 0 aliphatic heterocycles. The Morgan fingerprint density at radius 2 is 1.95 bits per heavy atom. The number of imidazole rings is 1. The first-order valence-electron chi connectivity index (χ1n) is 5.20. The number of H-pyrrole nitrogens is 1. The van der Waals surface area contributed by atoms with Gasteiger partial charge in [-0.3, -0.25) is 4.79 Å². The lowest BCUT2D eigenvalue weighted by molar-refractivity contribution is -0.135. The van der Waals surface area contributed by atoms with E-state index in [-0.39, 0.29) is 11.5 Å². The van der Waals surface area contributed by atoms with E-state index < -0.39 is 17.6 Å². The number of aromatic nitrogens is 2. The molecule has 2 rings (SSSR count). The summed E-state index contributed by atoms with van der Waals surface area (Å²) in [5.74, 6) is -2.38. The number of esters is 1. The fourth-order valence-electron chi connectivity index (χ4n) is 1.46. The van der Waals surface area contributed by atoms with Crippen LogP contribution in [-0.4, -0.2) is 33.9 Å². The van der Waals surface area contributed by atoms with Gasteiger partial charge in [-0.25, -0.2) is 4.79 Å². The maximum absolute atomic E-state index is 11.6. The number of hydrogen-bond acceptors (Lipinski definition) is 5. The van der Waals surface area contributed by atoms with Gasteiger partial charge in [0.1, 0.15) is 5.82 Å². The Morgan fingerprint density at radius 1 is 1.32 bits per heavy atom.